The number of nitrogens with one attached hydrogen (secondary N) is 1. The second kappa shape index (κ2) is 7.46. The number of aryl methyl sites for hydroxylation is 1. The van der Waals surface area contributed by atoms with Gasteiger partial charge in [-0.3, -0.25) is 0 Å². The maximum Gasteiger partial charge on any atom is 0.0928 e. The van der Waals surface area contributed by atoms with Crippen molar-refractivity contribution in [2.24, 2.45) is 0 Å². The molecule has 0 aliphatic heterocycles. The summed E-state index contributed by atoms with van der Waals surface area (Å²) in [6.45, 7) is 7.31. The molecule has 0 aromatic carbocycles. The van der Waals surface area contributed by atoms with Gasteiger partial charge in [0.2, 0.25) is 0 Å². The van der Waals surface area contributed by atoms with Crippen molar-refractivity contribution in [1.82, 2.24) is 14.9 Å². The summed E-state index contributed by atoms with van der Waals surface area (Å²) in [7, 11) is 0. The molecule has 104 valence electrons. The summed E-state index contributed by atoms with van der Waals surface area (Å²) < 4.78 is 2.22. The maximum absolute atomic E-state index is 4.66. The molecule has 0 spiro atoms. The van der Waals surface area contributed by atoms with Crippen molar-refractivity contribution >= 4 is 11.3 Å². The minimum absolute atomic E-state index is 0.883. The van der Waals surface area contributed by atoms with E-state index in [1.165, 1.54) is 29.1 Å². The lowest BCUT2D eigenvalue weighted by Crippen LogP contribution is -2.13. The Morgan fingerprint density at radius 2 is 2.21 bits per heavy atom. The van der Waals surface area contributed by atoms with Crippen molar-refractivity contribution in [2.75, 3.05) is 6.54 Å². The fraction of sp³-hybridized carbons (Fsp3) is 0.533. The van der Waals surface area contributed by atoms with E-state index in [1.54, 1.807) is 11.3 Å². The molecule has 0 aliphatic carbocycles. The van der Waals surface area contributed by atoms with Crippen molar-refractivity contribution in [3.05, 3.63) is 40.1 Å². The highest BCUT2D eigenvalue weighted by molar-refractivity contribution is 7.09. The third-order valence-electron chi connectivity index (χ3n) is 2.98. The van der Waals surface area contributed by atoms with Gasteiger partial charge in [-0.25, -0.2) is 4.98 Å². The maximum atomic E-state index is 4.66. The van der Waals surface area contributed by atoms with Crippen LogP contribution in [0.2, 0.25) is 0 Å². The van der Waals surface area contributed by atoms with Crippen molar-refractivity contribution in [3.8, 4) is 0 Å². The zero-order valence-corrected chi connectivity index (χ0v) is 12.7. The van der Waals surface area contributed by atoms with E-state index in [4.69, 9.17) is 0 Å². The van der Waals surface area contributed by atoms with Gasteiger partial charge in [-0.2, -0.15) is 0 Å². The number of rotatable bonds is 8. The molecule has 2 aromatic rings. The molecule has 0 aliphatic rings. The van der Waals surface area contributed by atoms with E-state index in [9.17, 15) is 0 Å². The molecule has 4 heteroatoms. The number of hydrogen-bond acceptors (Lipinski definition) is 3. The van der Waals surface area contributed by atoms with Crippen LogP contribution in [0.1, 0.15) is 43.0 Å². The molecule has 0 amide bonds. The predicted octanol–water partition coefficient (Wildman–Crippen LogP) is 3.45. The van der Waals surface area contributed by atoms with Gasteiger partial charge in [0.05, 0.1) is 17.2 Å². The van der Waals surface area contributed by atoms with Crippen LogP contribution in [-0.4, -0.2) is 16.1 Å². The Hall–Kier alpha value is -1.13. The van der Waals surface area contributed by atoms with Gasteiger partial charge in [0.15, 0.2) is 0 Å². The Balaban J connectivity index is 1.87. The van der Waals surface area contributed by atoms with Gasteiger partial charge in [-0.05, 0) is 37.4 Å². The summed E-state index contributed by atoms with van der Waals surface area (Å²) in [6.07, 6.45) is 7.80. The monoisotopic (exact) mass is 277 g/mol. The van der Waals surface area contributed by atoms with E-state index >= 15 is 0 Å². The standard InChI is InChI=1S/C15H23N3S/c1-3-5-15-17-14(12-19-15)11-18-8-6-13(10-18)9-16-7-4-2/h6,8,10,12,16H,3-5,7,9,11H2,1-2H3. The molecular formula is C15H23N3S. The minimum Gasteiger partial charge on any atom is -0.348 e. The zero-order chi connectivity index (χ0) is 13.5. The summed E-state index contributed by atoms with van der Waals surface area (Å²) in [4.78, 5) is 4.66. The molecule has 1 N–H and O–H groups in total. The number of aromatic nitrogens is 2. The van der Waals surface area contributed by atoms with Crippen LogP contribution in [0.4, 0.5) is 0 Å². The summed E-state index contributed by atoms with van der Waals surface area (Å²) in [5.41, 5.74) is 2.52. The molecule has 0 atom stereocenters. The van der Waals surface area contributed by atoms with Crippen molar-refractivity contribution in [1.29, 1.82) is 0 Å². The molecule has 0 fully saturated rings. The lowest BCUT2D eigenvalue weighted by Gasteiger charge is -2.01. The summed E-state index contributed by atoms with van der Waals surface area (Å²) in [5, 5.41) is 6.86. The van der Waals surface area contributed by atoms with Gasteiger partial charge in [-0.15, -0.1) is 11.3 Å². The highest BCUT2D eigenvalue weighted by Crippen LogP contribution is 2.13. The highest BCUT2D eigenvalue weighted by Gasteiger charge is 2.03. The Labute approximate surface area is 119 Å². The largest absolute Gasteiger partial charge is 0.348 e. The first-order chi connectivity index (χ1) is 9.31. The molecule has 0 saturated carbocycles. The smallest absolute Gasteiger partial charge is 0.0928 e. The normalized spacial score (nSPS) is 11.1. The van der Waals surface area contributed by atoms with Crippen molar-refractivity contribution in [2.45, 2.75) is 46.2 Å². The average Bonchev–Trinajstić information content (AvgIpc) is 3.01. The van der Waals surface area contributed by atoms with E-state index in [0.29, 0.717) is 0 Å². The fourth-order valence-electron chi connectivity index (χ4n) is 2.04. The van der Waals surface area contributed by atoms with Crippen LogP contribution in [0.25, 0.3) is 0 Å². The Kier molecular flexibility index (Phi) is 5.61. The van der Waals surface area contributed by atoms with Gasteiger partial charge in [0.1, 0.15) is 0 Å². The fourth-order valence-corrected chi connectivity index (χ4v) is 2.93. The minimum atomic E-state index is 0.883. The summed E-state index contributed by atoms with van der Waals surface area (Å²) in [5.74, 6) is 0. The van der Waals surface area contributed by atoms with Crippen LogP contribution in [0.15, 0.2) is 23.8 Å². The van der Waals surface area contributed by atoms with Gasteiger partial charge in [-0.1, -0.05) is 13.8 Å². The third kappa shape index (κ3) is 4.48. The van der Waals surface area contributed by atoms with Crippen LogP contribution >= 0.6 is 11.3 Å². The van der Waals surface area contributed by atoms with E-state index in [1.807, 2.05) is 0 Å². The van der Waals surface area contributed by atoms with E-state index in [-0.39, 0.29) is 0 Å². The van der Waals surface area contributed by atoms with Gasteiger partial charge < -0.3 is 9.88 Å². The molecular weight excluding hydrogens is 254 g/mol. The number of hydrogen-bond donors (Lipinski definition) is 1. The van der Waals surface area contributed by atoms with Crippen LogP contribution in [-0.2, 0) is 19.5 Å². The first-order valence-corrected chi connectivity index (χ1v) is 7.98. The molecule has 2 aromatic heterocycles. The van der Waals surface area contributed by atoms with Gasteiger partial charge in [0, 0.05) is 24.3 Å². The van der Waals surface area contributed by atoms with Crippen LogP contribution in [0.3, 0.4) is 0 Å². The highest BCUT2D eigenvalue weighted by atomic mass is 32.1. The molecule has 2 rings (SSSR count). The SMILES string of the molecule is CCCNCc1ccn(Cc2csc(CCC)n2)c1. The van der Waals surface area contributed by atoms with E-state index in [2.05, 4.69) is 52.6 Å². The molecule has 2 heterocycles. The van der Waals surface area contributed by atoms with Gasteiger partial charge in [0.25, 0.3) is 0 Å². The Morgan fingerprint density at radius 3 is 3.00 bits per heavy atom. The van der Waals surface area contributed by atoms with Crippen LogP contribution < -0.4 is 5.32 Å². The van der Waals surface area contributed by atoms with Crippen LogP contribution in [0.5, 0.6) is 0 Å². The van der Waals surface area contributed by atoms with E-state index in [0.717, 1.165) is 26.1 Å². The molecule has 0 bridgehead atoms. The molecule has 0 radical (unpaired) electrons. The zero-order valence-electron chi connectivity index (χ0n) is 11.9. The molecule has 0 saturated heterocycles. The predicted molar refractivity (Wildman–Crippen MR) is 81.6 cm³/mol. The second-order valence-corrected chi connectivity index (χ2v) is 5.79. The Morgan fingerprint density at radius 1 is 1.32 bits per heavy atom. The molecule has 19 heavy (non-hydrogen) atoms. The number of nitrogens with zero attached hydrogens (tertiary/aromatic N) is 2. The first kappa shape index (κ1) is 14.3. The first-order valence-electron chi connectivity index (χ1n) is 7.10. The molecule has 3 nitrogen and oxygen atoms in total. The summed E-state index contributed by atoms with van der Waals surface area (Å²) in [6, 6.07) is 2.18. The quantitative estimate of drug-likeness (QED) is 0.749. The topological polar surface area (TPSA) is 29.9 Å². The lowest BCUT2D eigenvalue weighted by atomic mass is 10.3. The molecule has 0 unspecified atom stereocenters. The number of thiazole rings is 1. The average molecular weight is 277 g/mol. The van der Waals surface area contributed by atoms with Crippen molar-refractivity contribution in [3.63, 3.8) is 0 Å². The second-order valence-electron chi connectivity index (χ2n) is 4.85. The summed E-state index contributed by atoms with van der Waals surface area (Å²) >= 11 is 1.78. The Bertz CT molecular complexity index is 487. The lowest BCUT2D eigenvalue weighted by molar-refractivity contribution is 0.673. The van der Waals surface area contributed by atoms with Crippen LogP contribution in [0, 0.1) is 0 Å². The van der Waals surface area contributed by atoms with Crippen molar-refractivity contribution < 1.29 is 0 Å². The van der Waals surface area contributed by atoms with E-state index < -0.39 is 0 Å². The third-order valence-corrected chi connectivity index (χ3v) is 3.93. The van der Waals surface area contributed by atoms with Gasteiger partial charge >= 0.3 is 0 Å².